The molecule has 3 nitrogen and oxygen atoms in total. The molecule has 84 valence electrons. The Labute approximate surface area is 90.7 Å². The molecule has 0 aromatic carbocycles. The van der Waals surface area contributed by atoms with Gasteiger partial charge in [-0.2, -0.15) is 0 Å². The number of hydrogen-bond donors (Lipinski definition) is 1. The number of aliphatic hydroxyl groups excluding tert-OH is 1. The first-order valence-corrected chi connectivity index (χ1v) is 5.43. The van der Waals surface area contributed by atoms with Crippen LogP contribution in [-0.2, 0) is 0 Å². The second-order valence-electron chi connectivity index (χ2n) is 4.84. The molecule has 1 unspecified atom stereocenters. The molecule has 1 aliphatic rings. The minimum absolute atomic E-state index is 0.0355. The molecule has 2 rings (SSSR count). The molecule has 1 heterocycles. The lowest BCUT2D eigenvalue weighted by Gasteiger charge is -2.29. The number of rotatable bonds is 4. The first-order chi connectivity index (χ1) is 7.09. The minimum atomic E-state index is 0.0355. The maximum atomic E-state index is 9.48. The van der Waals surface area contributed by atoms with Crippen molar-refractivity contribution in [1.82, 2.24) is 4.90 Å². The Morgan fingerprint density at radius 1 is 1.47 bits per heavy atom. The van der Waals surface area contributed by atoms with E-state index in [2.05, 4.69) is 4.90 Å². The summed E-state index contributed by atoms with van der Waals surface area (Å²) in [5, 5.41) is 9.48. The van der Waals surface area contributed by atoms with Gasteiger partial charge < -0.3 is 9.52 Å². The predicted molar refractivity (Wildman–Crippen MR) is 58.6 cm³/mol. The van der Waals surface area contributed by atoms with Crippen molar-refractivity contribution in [3.8, 4) is 0 Å². The van der Waals surface area contributed by atoms with Crippen LogP contribution in [0.25, 0.3) is 0 Å². The predicted octanol–water partition coefficient (Wildman–Crippen LogP) is 1.96. The zero-order valence-electron chi connectivity index (χ0n) is 9.66. The van der Waals surface area contributed by atoms with Crippen molar-refractivity contribution in [1.29, 1.82) is 0 Å². The first kappa shape index (κ1) is 10.7. The number of aryl methyl sites for hydroxylation is 1. The van der Waals surface area contributed by atoms with Gasteiger partial charge in [-0.15, -0.1) is 0 Å². The Kier molecular flexibility index (Phi) is 2.61. The Bertz CT molecular complexity index is 339. The lowest BCUT2D eigenvalue weighted by molar-refractivity contribution is 0.0999. The molecule has 15 heavy (non-hydrogen) atoms. The molecule has 1 aromatic rings. The minimum Gasteiger partial charge on any atom is -0.465 e. The summed E-state index contributed by atoms with van der Waals surface area (Å²) >= 11 is 0. The van der Waals surface area contributed by atoms with Crippen LogP contribution in [0.4, 0.5) is 0 Å². The lowest BCUT2D eigenvalue weighted by atomic mass is 9.94. The molecule has 0 aliphatic heterocycles. The fraction of sp³-hybridized carbons (Fsp3) is 0.667. The van der Waals surface area contributed by atoms with Gasteiger partial charge in [0.2, 0.25) is 0 Å². The van der Waals surface area contributed by atoms with Crippen LogP contribution in [0.1, 0.15) is 30.4 Å². The van der Waals surface area contributed by atoms with Gasteiger partial charge in [0.05, 0.1) is 12.6 Å². The fourth-order valence-corrected chi connectivity index (χ4v) is 2.38. The number of nitrogens with zero attached hydrogens (tertiary/aromatic N) is 1. The van der Waals surface area contributed by atoms with Crippen LogP contribution in [0.2, 0.25) is 0 Å². The van der Waals surface area contributed by atoms with E-state index in [-0.39, 0.29) is 18.1 Å². The Balaban J connectivity index is 2.28. The molecule has 1 aromatic heterocycles. The normalized spacial score (nSPS) is 20.6. The lowest BCUT2D eigenvalue weighted by Crippen LogP contribution is -2.30. The van der Waals surface area contributed by atoms with E-state index in [1.807, 2.05) is 33.2 Å². The van der Waals surface area contributed by atoms with Crippen molar-refractivity contribution in [3.05, 3.63) is 23.7 Å². The van der Waals surface area contributed by atoms with E-state index in [0.29, 0.717) is 0 Å². The third-order valence-electron chi connectivity index (χ3n) is 3.33. The van der Waals surface area contributed by atoms with Crippen molar-refractivity contribution in [2.75, 3.05) is 20.7 Å². The Hall–Kier alpha value is -0.800. The molecule has 0 spiro atoms. The van der Waals surface area contributed by atoms with Crippen molar-refractivity contribution in [2.45, 2.75) is 25.8 Å². The van der Waals surface area contributed by atoms with Crippen LogP contribution in [0.3, 0.4) is 0 Å². The second-order valence-corrected chi connectivity index (χ2v) is 4.84. The molecule has 1 aliphatic carbocycles. The van der Waals surface area contributed by atoms with E-state index in [4.69, 9.17) is 4.42 Å². The van der Waals surface area contributed by atoms with Crippen LogP contribution in [0.5, 0.6) is 0 Å². The highest BCUT2D eigenvalue weighted by molar-refractivity contribution is 5.17. The molecule has 1 N–H and O–H groups in total. The van der Waals surface area contributed by atoms with Gasteiger partial charge in [0.1, 0.15) is 11.5 Å². The van der Waals surface area contributed by atoms with Crippen LogP contribution in [0, 0.1) is 12.3 Å². The van der Waals surface area contributed by atoms with Gasteiger partial charge >= 0.3 is 0 Å². The summed E-state index contributed by atoms with van der Waals surface area (Å²) in [5.41, 5.74) is 0.0355. The van der Waals surface area contributed by atoms with Gasteiger partial charge in [0.25, 0.3) is 0 Å². The molecule has 1 saturated carbocycles. The summed E-state index contributed by atoms with van der Waals surface area (Å²) in [4.78, 5) is 2.14. The topological polar surface area (TPSA) is 36.6 Å². The van der Waals surface area contributed by atoms with E-state index in [1.54, 1.807) is 0 Å². The molecule has 3 heteroatoms. The monoisotopic (exact) mass is 209 g/mol. The number of aliphatic hydroxyl groups is 1. The van der Waals surface area contributed by atoms with E-state index < -0.39 is 0 Å². The van der Waals surface area contributed by atoms with Crippen molar-refractivity contribution < 1.29 is 9.52 Å². The van der Waals surface area contributed by atoms with Gasteiger partial charge in [0, 0.05) is 5.41 Å². The van der Waals surface area contributed by atoms with Crippen LogP contribution in [0.15, 0.2) is 16.5 Å². The third kappa shape index (κ3) is 1.82. The van der Waals surface area contributed by atoms with Crippen LogP contribution >= 0.6 is 0 Å². The van der Waals surface area contributed by atoms with Crippen molar-refractivity contribution >= 4 is 0 Å². The highest BCUT2D eigenvalue weighted by Crippen LogP contribution is 2.56. The molecule has 1 atom stereocenters. The summed E-state index contributed by atoms with van der Waals surface area (Å²) < 4.78 is 5.68. The third-order valence-corrected chi connectivity index (χ3v) is 3.33. The molecule has 0 bridgehead atoms. The van der Waals surface area contributed by atoms with Gasteiger partial charge in [-0.1, -0.05) is 0 Å². The largest absolute Gasteiger partial charge is 0.465 e. The zero-order chi connectivity index (χ0) is 11.1. The summed E-state index contributed by atoms with van der Waals surface area (Å²) in [7, 11) is 4.08. The summed E-state index contributed by atoms with van der Waals surface area (Å²) in [6, 6.07) is 4.21. The van der Waals surface area contributed by atoms with E-state index in [0.717, 1.165) is 24.4 Å². The molecule has 0 saturated heterocycles. The SMILES string of the molecule is Cc1ccc(C(N(C)C)C2(CO)CC2)o1. The van der Waals surface area contributed by atoms with Crippen molar-refractivity contribution in [3.63, 3.8) is 0 Å². The van der Waals surface area contributed by atoms with Gasteiger partial charge in [-0.3, -0.25) is 4.90 Å². The standard InChI is InChI=1S/C12H19NO2/c1-9-4-5-10(15-9)11(13(2)3)12(8-14)6-7-12/h4-5,11,14H,6-8H2,1-3H3. The maximum absolute atomic E-state index is 9.48. The average molecular weight is 209 g/mol. The van der Waals surface area contributed by atoms with Gasteiger partial charge in [-0.25, -0.2) is 0 Å². The Morgan fingerprint density at radius 2 is 2.13 bits per heavy atom. The smallest absolute Gasteiger partial charge is 0.121 e. The maximum Gasteiger partial charge on any atom is 0.121 e. The summed E-state index contributed by atoms with van der Waals surface area (Å²) in [6.45, 7) is 2.20. The highest BCUT2D eigenvalue weighted by atomic mass is 16.3. The van der Waals surface area contributed by atoms with Gasteiger partial charge in [-0.05, 0) is 46.0 Å². The highest BCUT2D eigenvalue weighted by Gasteiger charge is 2.51. The Morgan fingerprint density at radius 3 is 2.47 bits per heavy atom. The second kappa shape index (κ2) is 3.65. The van der Waals surface area contributed by atoms with E-state index >= 15 is 0 Å². The first-order valence-electron chi connectivity index (χ1n) is 5.43. The molecule has 0 radical (unpaired) electrons. The van der Waals surface area contributed by atoms with Crippen LogP contribution in [-0.4, -0.2) is 30.7 Å². The van der Waals surface area contributed by atoms with E-state index in [1.165, 1.54) is 0 Å². The number of hydrogen-bond acceptors (Lipinski definition) is 3. The molecule has 0 amide bonds. The zero-order valence-corrected chi connectivity index (χ0v) is 9.66. The fourth-order valence-electron chi connectivity index (χ4n) is 2.38. The van der Waals surface area contributed by atoms with Gasteiger partial charge in [0.15, 0.2) is 0 Å². The van der Waals surface area contributed by atoms with Crippen LogP contribution < -0.4 is 0 Å². The van der Waals surface area contributed by atoms with Crippen molar-refractivity contribution in [2.24, 2.45) is 5.41 Å². The summed E-state index contributed by atoms with van der Waals surface area (Å²) in [6.07, 6.45) is 2.18. The average Bonchev–Trinajstić information content (AvgIpc) is 2.84. The van der Waals surface area contributed by atoms with E-state index in [9.17, 15) is 5.11 Å². The molecular formula is C12H19NO2. The quantitative estimate of drug-likeness (QED) is 0.823. The number of furan rings is 1. The summed E-state index contributed by atoms with van der Waals surface area (Å²) in [5.74, 6) is 1.91. The molecule has 1 fully saturated rings. The molecular weight excluding hydrogens is 190 g/mol.